The van der Waals surface area contributed by atoms with E-state index in [0.29, 0.717) is 36.2 Å². The summed E-state index contributed by atoms with van der Waals surface area (Å²) in [6.45, 7) is 1.78. The van der Waals surface area contributed by atoms with Gasteiger partial charge in [-0.05, 0) is 56.0 Å². The molecule has 0 saturated carbocycles. The third-order valence-electron chi connectivity index (χ3n) is 3.75. The molecule has 2 rings (SSSR count). The summed E-state index contributed by atoms with van der Waals surface area (Å²) in [5, 5.41) is 0. The molecule has 0 aliphatic carbocycles. The number of piperidine rings is 1. The maximum absolute atomic E-state index is 12.6. The van der Waals surface area contributed by atoms with Crippen molar-refractivity contribution in [2.24, 2.45) is 11.7 Å². The van der Waals surface area contributed by atoms with Crippen LogP contribution in [0.15, 0.2) is 29.2 Å². The molecule has 1 aromatic carbocycles. The highest BCUT2D eigenvalue weighted by atomic mass is 35.5. The molecule has 5 nitrogen and oxygen atoms in total. The zero-order valence-electron chi connectivity index (χ0n) is 12.2. The second-order valence-electron chi connectivity index (χ2n) is 5.12. The molecule has 0 radical (unpaired) electrons. The third kappa shape index (κ3) is 4.32. The predicted octanol–water partition coefficient (Wildman–Crippen LogP) is 1.87. The second-order valence-corrected chi connectivity index (χ2v) is 7.06. The Bertz CT molecular complexity index is 532. The van der Waals surface area contributed by atoms with Gasteiger partial charge in [0.2, 0.25) is 10.0 Å². The third-order valence-corrected chi connectivity index (χ3v) is 5.63. The SMILES string of the molecule is COc1ccc(S(=O)(=O)N2CCCC(CCN)C2)cc1.Cl. The Morgan fingerprint density at radius 3 is 2.57 bits per heavy atom. The van der Waals surface area contributed by atoms with Gasteiger partial charge in [0, 0.05) is 13.1 Å². The Kier molecular flexibility index (Phi) is 6.93. The van der Waals surface area contributed by atoms with Crippen molar-refractivity contribution in [3.8, 4) is 5.75 Å². The molecular formula is C14H23ClN2O3S. The summed E-state index contributed by atoms with van der Waals surface area (Å²) in [5.74, 6) is 1.03. The Balaban J connectivity index is 0.00000220. The van der Waals surface area contributed by atoms with Crippen LogP contribution in [-0.4, -0.2) is 39.5 Å². The van der Waals surface area contributed by atoms with E-state index in [9.17, 15) is 8.42 Å². The van der Waals surface area contributed by atoms with E-state index in [1.54, 1.807) is 35.7 Å². The number of nitrogens with two attached hydrogens (primary N) is 1. The van der Waals surface area contributed by atoms with Crippen molar-refractivity contribution in [1.29, 1.82) is 0 Å². The molecule has 0 aromatic heterocycles. The molecule has 0 amide bonds. The molecule has 120 valence electrons. The molecule has 0 bridgehead atoms. The van der Waals surface area contributed by atoms with E-state index >= 15 is 0 Å². The molecule has 21 heavy (non-hydrogen) atoms. The lowest BCUT2D eigenvalue weighted by Crippen LogP contribution is -2.40. The fourth-order valence-electron chi connectivity index (χ4n) is 2.61. The lowest BCUT2D eigenvalue weighted by Gasteiger charge is -2.31. The zero-order chi connectivity index (χ0) is 14.6. The molecule has 1 aliphatic heterocycles. The van der Waals surface area contributed by atoms with E-state index in [0.717, 1.165) is 19.3 Å². The number of rotatable bonds is 5. The van der Waals surface area contributed by atoms with Gasteiger partial charge < -0.3 is 10.5 Å². The molecule has 2 N–H and O–H groups in total. The molecular weight excluding hydrogens is 312 g/mol. The van der Waals surface area contributed by atoms with Crippen LogP contribution in [0.1, 0.15) is 19.3 Å². The van der Waals surface area contributed by atoms with E-state index in [2.05, 4.69) is 0 Å². The van der Waals surface area contributed by atoms with Crippen LogP contribution in [0.4, 0.5) is 0 Å². The first-order valence-corrected chi connectivity index (χ1v) is 8.36. The normalized spacial score (nSPS) is 19.8. The van der Waals surface area contributed by atoms with Gasteiger partial charge in [-0.1, -0.05) is 0 Å². The molecule has 1 saturated heterocycles. The second kappa shape index (κ2) is 7.98. The monoisotopic (exact) mass is 334 g/mol. The number of nitrogens with zero attached hydrogens (tertiary/aromatic N) is 1. The van der Waals surface area contributed by atoms with Crippen LogP contribution in [-0.2, 0) is 10.0 Å². The fourth-order valence-corrected chi connectivity index (χ4v) is 4.17. The average molecular weight is 335 g/mol. The quantitative estimate of drug-likeness (QED) is 0.892. The number of sulfonamides is 1. The highest BCUT2D eigenvalue weighted by Gasteiger charge is 2.29. The lowest BCUT2D eigenvalue weighted by atomic mass is 9.96. The first-order valence-electron chi connectivity index (χ1n) is 6.92. The number of ether oxygens (including phenoxy) is 1. The van der Waals surface area contributed by atoms with E-state index < -0.39 is 10.0 Å². The van der Waals surface area contributed by atoms with E-state index in [1.165, 1.54) is 0 Å². The smallest absolute Gasteiger partial charge is 0.243 e. The van der Waals surface area contributed by atoms with E-state index in [4.69, 9.17) is 10.5 Å². The Morgan fingerprint density at radius 2 is 2.00 bits per heavy atom. The molecule has 1 heterocycles. The van der Waals surface area contributed by atoms with Crippen LogP contribution < -0.4 is 10.5 Å². The van der Waals surface area contributed by atoms with Crippen molar-refractivity contribution in [3.63, 3.8) is 0 Å². The summed E-state index contributed by atoms with van der Waals surface area (Å²) < 4.78 is 31.8. The minimum absolute atomic E-state index is 0. The predicted molar refractivity (Wildman–Crippen MR) is 85.4 cm³/mol. The molecule has 7 heteroatoms. The number of hydrogen-bond donors (Lipinski definition) is 1. The largest absolute Gasteiger partial charge is 0.497 e. The molecule has 1 unspecified atom stereocenters. The summed E-state index contributed by atoms with van der Waals surface area (Å²) in [6, 6.07) is 6.55. The van der Waals surface area contributed by atoms with Gasteiger partial charge in [-0.15, -0.1) is 12.4 Å². The molecule has 1 atom stereocenters. The van der Waals surface area contributed by atoms with Crippen molar-refractivity contribution in [2.45, 2.75) is 24.2 Å². The van der Waals surface area contributed by atoms with Gasteiger partial charge in [0.05, 0.1) is 12.0 Å². The molecule has 0 spiro atoms. The van der Waals surface area contributed by atoms with Crippen molar-refractivity contribution in [3.05, 3.63) is 24.3 Å². The highest BCUT2D eigenvalue weighted by Crippen LogP contribution is 2.26. The summed E-state index contributed by atoms with van der Waals surface area (Å²) >= 11 is 0. The van der Waals surface area contributed by atoms with Crippen LogP contribution in [0.25, 0.3) is 0 Å². The van der Waals surface area contributed by atoms with Gasteiger partial charge in [-0.3, -0.25) is 0 Å². The van der Waals surface area contributed by atoms with Gasteiger partial charge in [0.15, 0.2) is 0 Å². The van der Waals surface area contributed by atoms with Gasteiger partial charge >= 0.3 is 0 Å². The minimum Gasteiger partial charge on any atom is -0.497 e. The minimum atomic E-state index is -3.40. The summed E-state index contributed by atoms with van der Waals surface area (Å²) in [5.41, 5.74) is 5.58. The lowest BCUT2D eigenvalue weighted by molar-refractivity contribution is 0.258. The van der Waals surface area contributed by atoms with Gasteiger partial charge in [0.1, 0.15) is 5.75 Å². The van der Waals surface area contributed by atoms with Crippen molar-refractivity contribution >= 4 is 22.4 Å². The first-order chi connectivity index (χ1) is 9.57. The first kappa shape index (κ1) is 18.2. The maximum Gasteiger partial charge on any atom is 0.243 e. The van der Waals surface area contributed by atoms with Crippen LogP contribution in [0.3, 0.4) is 0 Å². The maximum atomic E-state index is 12.6. The van der Waals surface area contributed by atoms with Crippen molar-refractivity contribution < 1.29 is 13.2 Å². The van der Waals surface area contributed by atoms with Crippen molar-refractivity contribution in [2.75, 3.05) is 26.7 Å². The van der Waals surface area contributed by atoms with Crippen molar-refractivity contribution in [1.82, 2.24) is 4.31 Å². The van der Waals surface area contributed by atoms with Crippen LogP contribution in [0, 0.1) is 5.92 Å². The average Bonchev–Trinajstić information content (AvgIpc) is 2.48. The van der Waals surface area contributed by atoms with Crippen LogP contribution in [0.5, 0.6) is 5.75 Å². The topological polar surface area (TPSA) is 72.6 Å². The number of benzene rings is 1. The highest BCUT2D eigenvalue weighted by molar-refractivity contribution is 7.89. The van der Waals surface area contributed by atoms with Crippen LogP contribution in [0.2, 0.25) is 0 Å². The van der Waals surface area contributed by atoms with Gasteiger partial charge in [-0.2, -0.15) is 4.31 Å². The van der Waals surface area contributed by atoms with Gasteiger partial charge in [0.25, 0.3) is 0 Å². The molecule has 1 fully saturated rings. The Hall–Kier alpha value is -0.820. The zero-order valence-corrected chi connectivity index (χ0v) is 13.8. The molecule has 1 aliphatic rings. The standard InChI is InChI=1S/C14H22N2O3S.ClH/c1-19-13-4-6-14(7-5-13)20(17,18)16-10-2-3-12(11-16)8-9-15;/h4-7,12H,2-3,8-11,15H2,1H3;1H. The van der Waals surface area contributed by atoms with Crippen LogP contribution >= 0.6 is 12.4 Å². The Morgan fingerprint density at radius 1 is 1.33 bits per heavy atom. The van der Waals surface area contributed by atoms with E-state index in [-0.39, 0.29) is 12.4 Å². The molecule has 1 aromatic rings. The summed E-state index contributed by atoms with van der Waals surface area (Å²) in [7, 11) is -1.84. The number of halogens is 1. The number of hydrogen-bond acceptors (Lipinski definition) is 4. The van der Waals surface area contributed by atoms with E-state index in [1.807, 2.05) is 0 Å². The Labute approximate surface area is 132 Å². The number of methoxy groups -OCH3 is 1. The van der Waals surface area contributed by atoms with Gasteiger partial charge in [-0.25, -0.2) is 8.42 Å². The summed E-state index contributed by atoms with van der Waals surface area (Å²) in [6.07, 6.45) is 2.85. The fraction of sp³-hybridized carbons (Fsp3) is 0.571. The summed E-state index contributed by atoms with van der Waals surface area (Å²) in [4.78, 5) is 0.326.